The Morgan fingerprint density at radius 2 is 1.52 bits per heavy atom. The Labute approximate surface area is 177 Å². The first-order valence-electron chi connectivity index (χ1n) is 9.71. The molecule has 0 spiro atoms. The highest BCUT2D eigenvalue weighted by Gasteiger charge is 2.31. The molecule has 0 aromatic heterocycles. The van der Waals surface area contributed by atoms with E-state index in [0.29, 0.717) is 43.1 Å². The van der Waals surface area contributed by atoms with Crippen LogP contribution >= 0.6 is 0 Å². The van der Waals surface area contributed by atoms with Crippen LogP contribution in [0, 0.1) is 5.92 Å². The third-order valence-electron chi connectivity index (χ3n) is 5.23. The summed E-state index contributed by atoms with van der Waals surface area (Å²) >= 11 is 0. The maximum atomic E-state index is 12.7. The molecule has 0 atom stereocenters. The van der Waals surface area contributed by atoms with Gasteiger partial charge in [0.25, 0.3) is 5.91 Å². The van der Waals surface area contributed by atoms with Crippen LogP contribution in [0.5, 0.6) is 11.5 Å². The molecule has 1 heterocycles. The number of nitrogens with one attached hydrogen (secondary N) is 1. The van der Waals surface area contributed by atoms with E-state index in [0.717, 1.165) is 12.1 Å². The summed E-state index contributed by atoms with van der Waals surface area (Å²) in [7, 11) is 3.04. The van der Waals surface area contributed by atoms with E-state index >= 15 is 0 Å². The topological polar surface area (TPSA) is 67.9 Å². The minimum Gasteiger partial charge on any atom is -0.497 e. The predicted octanol–water partition coefficient (Wildman–Crippen LogP) is 4.21. The van der Waals surface area contributed by atoms with E-state index in [2.05, 4.69) is 5.32 Å². The molecule has 0 aliphatic carbocycles. The van der Waals surface area contributed by atoms with E-state index in [1.165, 1.54) is 26.4 Å². The monoisotopic (exact) mass is 436 g/mol. The fourth-order valence-corrected chi connectivity index (χ4v) is 3.45. The lowest BCUT2D eigenvalue weighted by Gasteiger charge is -2.31. The number of benzene rings is 2. The van der Waals surface area contributed by atoms with Crippen molar-refractivity contribution in [3.63, 3.8) is 0 Å². The number of piperidine rings is 1. The number of carbonyl (C=O) groups excluding carboxylic acids is 2. The van der Waals surface area contributed by atoms with Crippen LogP contribution in [-0.2, 0) is 11.0 Å². The number of hydrogen-bond donors (Lipinski definition) is 1. The number of amides is 2. The molecule has 0 radical (unpaired) electrons. The normalized spacial score (nSPS) is 14.8. The Morgan fingerprint density at radius 3 is 2.00 bits per heavy atom. The summed E-state index contributed by atoms with van der Waals surface area (Å²) in [6.07, 6.45) is -3.53. The Hall–Kier alpha value is -3.23. The van der Waals surface area contributed by atoms with Gasteiger partial charge in [-0.25, -0.2) is 0 Å². The van der Waals surface area contributed by atoms with Crippen molar-refractivity contribution in [2.75, 3.05) is 32.6 Å². The molecule has 0 bridgehead atoms. The second-order valence-electron chi connectivity index (χ2n) is 7.23. The van der Waals surface area contributed by atoms with E-state index < -0.39 is 11.7 Å². The second-order valence-corrected chi connectivity index (χ2v) is 7.23. The molecule has 2 amide bonds. The van der Waals surface area contributed by atoms with Crippen LogP contribution in [0.4, 0.5) is 18.9 Å². The average Bonchev–Trinajstić information content (AvgIpc) is 2.77. The van der Waals surface area contributed by atoms with Crippen molar-refractivity contribution in [3.8, 4) is 11.5 Å². The van der Waals surface area contributed by atoms with Gasteiger partial charge in [-0.05, 0) is 37.1 Å². The minimum absolute atomic E-state index is 0.170. The molecule has 9 heteroatoms. The number of rotatable bonds is 5. The third kappa shape index (κ3) is 5.48. The standard InChI is InChI=1S/C22H23F3N2O4/c1-30-18-11-17(12-19(13-18)31-2)26-20(28)14-7-9-27(10-8-14)21(29)15-3-5-16(6-4-15)22(23,24)25/h3-6,11-14H,7-10H2,1-2H3,(H,26,28). The lowest BCUT2D eigenvalue weighted by atomic mass is 9.95. The number of ether oxygens (including phenoxy) is 2. The Morgan fingerprint density at radius 1 is 0.968 bits per heavy atom. The molecule has 31 heavy (non-hydrogen) atoms. The lowest BCUT2D eigenvalue weighted by Crippen LogP contribution is -2.41. The van der Waals surface area contributed by atoms with Gasteiger partial charge in [0.05, 0.1) is 19.8 Å². The quantitative estimate of drug-likeness (QED) is 0.763. The highest BCUT2D eigenvalue weighted by Crippen LogP contribution is 2.30. The maximum Gasteiger partial charge on any atom is 0.416 e. The molecular formula is C22H23F3N2O4. The van der Waals surface area contributed by atoms with Crippen molar-refractivity contribution in [2.24, 2.45) is 5.92 Å². The van der Waals surface area contributed by atoms with Crippen LogP contribution in [0.1, 0.15) is 28.8 Å². The van der Waals surface area contributed by atoms with Gasteiger partial charge in [-0.1, -0.05) is 0 Å². The molecule has 0 saturated carbocycles. The number of nitrogens with zero attached hydrogens (tertiary/aromatic N) is 1. The van der Waals surface area contributed by atoms with Gasteiger partial charge in [0.15, 0.2) is 0 Å². The van der Waals surface area contributed by atoms with Gasteiger partial charge in [-0.15, -0.1) is 0 Å². The minimum atomic E-state index is -4.44. The number of alkyl halides is 3. The van der Waals surface area contributed by atoms with E-state index in [1.54, 1.807) is 23.1 Å². The summed E-state index contributed by atoms with van der Waals surface area (Å²) in [6.45, 7) is 0.693. The van der Waals surface area contributed by atoms with Crippen LogP contribution < -0.4 is 14.8 Å². The van der Waals surface area contributed by atoms with Crippen LogP contribution in [0.25, 0.3) is 0 Å². The van der Waals surface area contributed by atoms with Crippen molar-refractivity contribution in [1.29, 1.82) is 0 Å². The largest absolute Gasteiger partial charge is 0.497 e. The summed E-state index contributed by atoms with van der Waals surface area (Å²) in [6, 6.07) is 9.22. The Kier molecular flexibility index (Phi) is 6.72. The van der Waals surface area contributed by atoms with Gasteiger partial charge >= 0.3 is 6.18 Å². The zero-order valence-corrected chi connectivity index (χ0v) is 17.2. The molecule has 2 aromatic carbocycles. The molecule has 166 valence electrons. The van der Waals surface area contributed by atoms with E-state index in [4.69, 9.17) is 9.47 Å². The van der Waals surface area contributed by atoms with Crippen LogP contribution in [-0.4, -0.2) is 44.0 Å². The maximum absolute atomic E-state index is 12.7. The van der Waals surface area contributed by atoms with E-state index in [1.807, 2.05) is 0 Å². The van der Waals surface area contributed by atoms with Gasteiger partial charge < -0.3 is 19.7 Å². The summed E-state index contributed by atoms with van der Waals surface area (Å²) in [4.78, 5) is 26.8. The predicted molar refractivity (Wildman–Crippen MR) is 108 cm³/mol. The molecule has 1 saturated heterocycles. The smallest absolute Gasteiger partial charge is 0.416 e. The molecule has 1 aliphatic heterocycles. The summed E-state index contributed by atoms with van der Waals surface area (Å²) in [5.74, 6) is 0.300. The Balaban J connectivity index is 1.57. The van der Waals surface area contributed by atoms with Crippen molar-refractivity contribution < 1.29 is 32.2 Å². The van der Waals surface area contributed by atoms with Gasteiger partial charge in [0.2, 0.25) is 5.91 Å². The van der Waals surface area contributed by atoms with Gasteiger partial charge in [-0.2, -0.15) is 13.2 Å². The summed E-state index contributed by atoms with van der Waals surface area (Å²) in [5, 5.41) is 2.85. The summed E-state index contributed by atoms with van der Waals surface area (Å²) in [5.41, 5.74) is -0.0579. The van der Waals surface area contributed by atoms with Gasteiger partial charge in [-0.3, -0.25) is 9.59 Å². The first kappa shape index (κ1) is 22.5. The van der Waals surface area contributed by atoms with Crippen molar-refractivity contribution in [3.05, 3.63) is 53.6 Å². The molecule has 1 N–H and O–H groups in total. The van der Waals surface area contributed by atoms with Gasteiger partial charge in [0, 0.05) is 48.5 Å². The fraction of sp³-hybridized carbons (Fsp3) is 0.364. The molecule has 1 fully saturated rings. The van der Waals surface area contributed by atoms with Crippen LogP contribution in [0.15, 0.2) is 42.5 Å². The van der Waals surface area contributed by atoms with E-state index in [-0.39, 0.29) is 23.3 Å². The fourth-order valence-electron chi connectivity index (χ4n) is 3.45. The molecule has 0 unspecified atom stereocenters. The third-order valence-corrected chi connectivity index (χ3v) is 5.23. The Bertz CT molecular complexity index is 915. The zero-order chi connectivity index (χ0) is 22.6. The van der Waals surface area contributed by atoms with Crippen LogP contribution in [0.2, 0.25) is 0 Å². The molecule has 3 rings (SSSR count). The number of anilines is 1. The number of likely N-dealkylation sites (tertiary alicyclic amines) is 1. The highest BCUT2D eigenvalue weighted by molar-refractivity contribution is 5.95. The summed E-state index contributed by atoms with van der Waals surface area (Å²) < 4.78 is 48.5. The molecule has 6 nitrogen and oxygen atoms in total. The van der Waals surface area contributed by atoms with Gasteiger partial charge in [0.1, 0.15) is 11.5 Å². The lowest BCUT2D eigenvalue weighted by molar-refractivity contribution is -0.137. The number of halogens is 3. The molecule has 1 aliphatic rings. The van der Waals surface area contributed by atoms with Crippen molar-refractivity contribution in [1.82, 2.24) is 4.90 Å². The first-order valence-corrected chi connectivity index (χ1v) is 9.71. The first-order chi connectivity index (χ1) is 14.7. The number of carbonyl (C=O) groups is 2. The second kappa shape index (κ2) is 9.28. The van der Waals surface area contributed by atoms with Crippen molar-refractivity contribution >= 4 is 17.5 Å². The SMILES string of the molecule is COc1cc(NC(=O)C2CCN(C(=O)c3ccc(C(F)(F)F)cc3)CC2)cc(OC)c1. The van der Waals surface area contributed by atoms with Crippen molar-refractivity contribution in [2.45, 2.75) is 19.0 Å². The van der Waals surface area contributed by atoms with E-state index in [9.17, 15) is 22.8 Å². The average molecular weight is 436 g/mol. The highest BCUT2D eigenvalue weighted by atomic mass is 19.4. The van der Waals surface area contributed by atoms with Crippen LogP contribution in [0.3, 0.4) is 0 Å². The zero-order valence-electron chi connectivity index (χ0n) is 17.2. The molecular weight excluding hydrogens is 413 g/mol. The molecule has 2 aromatic rings. The number of methoxy groups -OCH3 is 2. The number of hydrogen-bond acceptors (Lipinski definition) is 4.